The van der Waals surface area contributed by atoms with E-state index >= 15 is 0 Å². The van der Waals surface area contributed by atoms with E-state index in [1.807, 2.05) is 55.5 Å². The van der Waals surface area contributed by atoms with E-state index in [4.69, 9.17) is 4.74 Å². The summed E-state index contributed by atoms with van der Waals surface area (Å²) in [6.07, 6.45) is 3.25. The second kappa shape index (κ2) is 8.16. The molecule has 3 rings (SSSR count). The van der Waals surface area contributed by atoms with E-state index in [0.29, 0.717) is 12.1 Å². The Morgan fingerprint density at radius 1 is 1.00 bits per heavy atom. The van der Waals surface area contributed by atoms with Crippen LogP contribution in [0.4, 0.5) is 11.4 Å². The lowest BCUT2D eigenvalue weighted by Gasteiger charge is -2.09. The molecule has 0 fully saturated rings. The molecule has 1 heterocycles. The van der Waals surface area contributed by atoms with Gasteiger partial charge in [0, 0.05) is 18.4 Å². The predicted molar refractivity (Wildman–Crippen MR) is 103 cm³/mol. The lowest BCUT2D eigenvalue weighted by molar-refractivity contribution is 0.0950. The van der Waals surface area contributed by atoms with E-state index in [0.717, 1.165) is 22.7 Å². The van der Waals surface area contributed by atoms with Crippen molar-refractivity contribution in [1.82, 2.24) is 10.3 Å². The average Bonchev–Trinajstić information content (AvgIpc) is 2.68. The molecule has 1 amide bonds. The maximum atomic E-state index is 12.4. The number of aromatic nitrogens is 1. The summed E-state index contributed by atoms with van der Waals surface area (Å²) in [5, 5.41) is 6.16. The molecule has 0 aliphatic heterocycles. The highest BCUT2D eigenvalue weighted by atomic mass is 16.5. The summed E-state index contributed by atoms with van der Waals surface area (Å²) < 4.78 is 5.13. The molecular weight excluding hydrogens is 326 g/mol. The molecule has 0 aliphatic carbocycles. The Labute approximate surface area is 153 Å². The Morgan fingerprint density at radius 2 is 1.73 bits per heavy atom. The number of amides is 1. The van der Waals surface area contributed by atoms with Crippen molar-refractivity contribution >= 4 is 17.3 Å². The fourth-order valence-corrected chi connectivity index (χ4v) is 2.46. The average molecular weight is 347 g/mol. The standard InChI is InChI=1S/C21H21N3O2/c1-15-3-7-18(8-4-15)24-19-11-17(13-22-14-19)21(25)23-12-16-5-9-20(26-2)10-6-16/h3-11,13-14,24H,12H2,1-2H3,(H,23,25). The van der Waals surface area contributed by atoms with E-state index in [1.54, 1.807) is 25.6 Å². The molecule has 0 saturated carbocycles. The molecule has 0 aliphatic rings. The second-order valence-corrected chi connectivity index (χ2v) is 5.98. The Hall–Kier alpha value is -3.34. The molecule has 2 N–H and O–H groups in total. The van der Waals surface area contributed by atoms with Crippen LogP contribution in [0, 0.1) is 6.92 Å². The quantitative estimate of drug-likeness (QED) is 0.705. The Bertz CT molecular complexity index is 875. The summed E-state index contributed by atoms with van der Waals surface area (Å²) in [6, 6.07) is 17.4. The van der Waals surface area contributed by atoms with Crippen molar-refractivity contribution in [2.75, 3.05) is 12.4 Å². The van der Waals surface area contributed by atoms with Gasteiger partial charge in [0.2, 0.25) is 0 Å². The van der Waals surface area contributed by atoms with Gasteiger partial charge in [-0.25, -0.2) is 0 Å². The Morgan fingerprint density at radius 3 is 2.42 bits per heavy atom. The number of methoxy groups -OCH3 is 1. The van der Waals surface area contributed by atoms with E-state index in [1.165, 1.54) is 5.56 Å². The van der Waals surface area contributed by atoms with Crippen molar-refractivity contribution in [3.8, 4) is 5.75 Å². The summed E-state index contributed by atoms with van der Waals surface area (Å²) in [4.78, 5) is 16.5. The molecule has 0 atom stereocenters. The van der Waals surface area contributed by atoms with Gasteiger partial charge in [-0.05, 0) is 42.8 Å². The number of hydrogen-bond donors (Lipinski definition) is 2. The number of rotatable bonds is 6. The predicted octanol–water partition coefficient (Wildman–Crippen LogP) is 4.07. The minimum atomic E-state index is -0.166. The van der Waals surface area contributed by atoms with Gasteiger partial charge in [-0.2, -0.15) is 0 Å². The third kappa shape index (κ3) is 4.60. The molecule has 0 saturated heterocycles. The first-order chi connectivity index (χ1) is 12.6. The third-order valence-corrected chi connectivity index (χ3v) is 3.95. The van der Waals surface area contributed by atoms with Gasteiger partial charge in [-0.15, -0.1) is 0 Å². The van der Waals surface area contributed by atoms with Crippen molar-refractivity contribution < 1.29 is 9.53 Å². The maximum Gasteiger partial charge on any atom is 0.253 e. The van der Waals surface area contributed by atoms with Gasteiger partial charge in [-0.3, -0.25) is 9.78 Å². The van der Waals surface area contributed by atoms with Gasteiger partial charge >= 0.3 is 0 Å². The molecule has 3 aromatic rings. The normalized spacial score (nSPS) is 10.2. The molecule has 132 valence electrons. The van der Waals surface area contributed by atoms with Crippen LogP contribution in [0.15, 0.2) is 67.0 Å². The number of carbonyl (C=O) groups is 1. The van der Waals surface area contributed by atoms with E-state index in [2.05, 4.69) is 15.6 Å². The van der Waals surface area contributed by atoms with Gasteiger partial charge < -0.3 is 15.4 Å². The lowest BCUT2D eigenvalue weighted by Crippen LogP contribution is -2.23. The van der Waals surface area contributed by atoms with Crippen molar-refractivity contribution in [3.05, 3.63) is 83.7 Å². The fourth-order valence-electron chi connectivity index (χ4n) is 2.46. The van der Waals surface area contributed by atoms with Gasteiger partial charge in [0.25, 0.3) is 5.91 Å². The van der Waals surface area contributed by atoms with Crippen LogP contribution in [-0.4, -0.2) is 18.0 Å². The molecular formula is C21H21N3O2. The summed E-state index contributed by atoms with van der Waals surface area (Å²) in [5.41, 5.74) is 4.43. The number of aryl methyl sites for hydroxylation is 1. The lowest BCUT2D eigenvalue weighted by atomic mass is 10.2. The van der Waals surface area contributed by atoms with E-state index < -0.39 is 0 Å². The SMILES string of the molecule is COc1ccc(CNC(=O)c2cncc(Nc3ccc(C)cc3)c2)cc1. The number of nitrogens with one attached hydrogen (secondary N) is 2. The monoisotopic (exact) mass is 347 g/mol. The zero-order valence-electron chi connectivity index (χ0n) is 14.8. The first-order valence-corrected chi connectivity index (χ1v) is 8.34. The molecule has 0 spiro atoms. The molecule has 1 aromatic heterocycles. The summed E-state index contributed by atoms with van der Waals surface area (Å²) in [6.45, 7) is 2.48. The first-order valence-electron chi connectivity index (χ1n) is 8.34. The number of anilines is 2. The van der Waals surface area contributed by atoms with Crippen molar-refractivity contribution in [1.29, 1.82) is 0 Å². The van der Waals surface area contributed by atoms with Crippen molar-refractivity contribution in [3.63, 3.8) is 0 Å². The minimum absolute atomic E-state index is 0.166. The zero-order valence-corrected chi connectivity index (χ0v) is 14.8. The number of nitrogens with zero attached hydrogens (tertiary/aromatic N) is 1. The van der Waals surface area contributed by atoms with Crippen LogP contribution in [0.25, 0.3) is 0 Å². The molecule has 2 aromatic carbocycles. The minimum Gasteiger partial charge on any atom is -0.497 e. The van der Waals surface area contributed by atoms with Crippen LogP contribution in [-0.2, 0) is 6.54 Å². The summed E-state index contributed by atoms with van der Waals surface area (Å²) >= 11 is 0. The highest BCUT2D eigenvalue weighted by molar-refractivity contribution is 5.94. The van der Waals surface area contributed by atoms with Crippen molar-refractivity contribution in [2.45, 2.75) is 13.5 Å². The van der Waals surface area contributed by atoms with E-state index in [9.17, 15) is 4.79 Å². The second-order valence-electron chi connectivity index (χ2n) is 5.98. The number of benzene rings is 2. The van der Waals surface area contributed by atoms with Crippen molar-refractivity contribution in [2.24, 2.45) is 0 Å². The third-order valence-electron chi connectivity index (χ3n) is 3.95. The maximum absolute atomic E-state index is 12.4. The van der Waals surface area contributed by atoms with E-state index in [-0.39, 0.29) is 5.91 Å². The van der Waals surface area contributed by atoms with Gasteiger partial charge in [-0.1, -0.05) is 29.8 Å². The largest absolute Gasteiger partial charge is 0.497 e. The van der Waals surface area contributed by atoms with Crippen LogP contribution in [0.3, 0.4) is 0 Å². The summed E-state index contributed by atoms with van der Waals surface area (Å²) in [7, 11) is 1.63. The smallest absolute Gasteiger partial charge is 0.253 e. The molecule has 0 unspecified atom stereocenters. The van der Waals surface area contributed by atoms with Crippen LogP contribution >= 0.6 is 0 Å². The van der Waals surface area contributed by atoms with Gasteiger partial charge in [0.1, 0.15) is 5.75 Å². The van der Waals surface area contributed by atoms with Gasteiger partial charge in [0.05, 0.1) is 24.6 Å². The summed E-state index contributed by atoms with van der Waals surface area (Å²) in [5.74, 6) is 0.625. The molecule has 26 heavy (non-hydrogen) atoms. The van der Waals surface area contributed by atoms with Crippen LogP contribution in [0.5, 0.6) is 5.75 Å². The van der Waals surface area contributed by atoms with Crippen LogP contribution < -0.4 is 15.4 Å². The highest BCUT2D eigenvalue weighted by Gasteiger charge is 2.07. The Kier molecular flexibility index (Phi) is 5.49. The van der Waals surface area contributed by atoms with Crippen LogP contribution in [0.2, 0.25) is 0 Å². The fraction of sp³-hybridized carbons (Fsp3) is 0.143. The molecule has 5 nitrogen and oxygen atoms in total. The molecule has 0 radical (unpaired) electrons. The number of hydrogen-bond acceptors (Lipinski definition) is 4. The highest BCUT2D eigenvalue weighted by Crippen LogP contribution is 2.17. The number of pyridine rings is 1. The number of carbonyl (C=O) groups excluding carboxylic acids is 1. The zero-order chi connectivity index (χ0) is 18.4. The number of ether oxygens (including phenoxy) is 1. The molecule has 0 bridgehead atoms. The topological polar surface area (TPSA) is 63.2 Å². The van der Waals surface area contributed by atoms with Crippen LogP contribution in [0.1, 0.15) is 21.5 Å². The van der Waals surface area contributed by atoms with Gasteiger partial charge in [0.15, 0.2) is 0 Å². The first kappa shape index (κ1) is 17.5. The molecule has 5 heteroatoms. The Balaban J connectivity index is 1.62.